The Morgan fingerprint density at radius 1 is 1.12 bits per heavy atom. The SMILES string of the molecule is CC(=O)Nc1ccc(Oc2ccc(C(=O)N[C@@H]3C[C@H]4CC[C@@H]3N4)cc2)[nH]1. The zero-order chi connectivity index (χ0) is 18.1. The number of hydrogen-bond donors (Lipinski definition) is 4. The molecule has 0 aliphatic carbocycles. The molecule has 4 rings (SSSR count). The lowest BCUT2D eigenvalue weighted by atomic mass is 9.95. The summed E-state index contributed by atoms with van der Waals surface area (Å²) in [5.41, 5.74) is 0.616. The first kappa shape index (κ1) is 16.7. The van der Waals surface area contributed by atoms with Crippen molar-refractivity contribution < 1.29 is 14.3 Å². The molecule has 0 radical (unpaired) electrons. The van der Waals surface area contributed by atoms with Gasteiger partial charge in [-0.1, -0.05) is 0 Å². The Morgan fingerprint density at radius 2 is 1.92 bits per heavy atom. The Kier molecular flexibility index (Phi) is 4.38. The highest BCUT2D eigenvalue weighted by Crippen LogP contribution is 2.28. The standard InChI is InChI=1S/C19H22N4O3/c1-11(24)20-17-8-9-18(23-17)26-14-5-2-12(3-6-14)19(25)22-16-10-13-4-7-15(16)21-13/h2-3,5-6,8-9,13,15-16,21,23H,4,7,10H2,1H3,(H,20,24)(H,22,25)/t13-,15+,16-/m1/s1. The molecule has 3 heterocycles. The highest BCUT2D eigenvalue weighted by Gasteiger charge is 2.39. The lowest BCUT2D eigenvalue weighted by Crippen LogP contribution is -2.42. The molecular weight excluding hydrogens is 332 g/mol. The van der Waals surface area contributed by atoms with Gasteiger partial charge in [0, 0.05) is 36.7 Å². The molecule has 7 heteroatoms. The molecule has 2 fully saturated rings. The van der Waals surface area contributed by atoms with Crippen LogP contribution in [0.25, 0.3) is 0 Å². The van der Waals surface area contributed by atoms with E-state index in [9.17, 15) is 9.59 Å². The molecule has 0 unspecified atom stereocenters. The van der Waals surface area contributed by atoms with Crippen LogP contribution in [0.5, 0.6) is 11.6 Å². The fraction of sp³-hybridized carbons (Fsp3) is 0.368. The predicted molar refractivity (Wildman–Crippen MR) is 97.4 cm³/mol. The summed E-state index contributed by atoms with van der Waals surface area (Å²) < 4.78 is 5.70. The number of rotatable bonds is 5. The number of ether oxygens (including phenoxy) is 1. The zero-order valence-corrected chi connectivity index (χ0v) is 14.5. The van der Waals surface area contributed by atoms with Gasteiger partial charge in [-0.3, -0.25) is 9.59 Å². The van der Waals surface area contributed by atoms with Gasteiger partial charge in [0.2, 0.25) is 5.91 Å². The molecule has 2 aliphatic rings. The van der Waals surface area contributed by atoms with E-state index in [1.165, 1.54) is 13.3 Å². The van der Waals surface area contributed by atoms with Crippen molar-refractivity contribution in [3.05, 3.63) is 42.0 Å². The molecule has 4 N–H and O–H groups in total. The maximum absolute atomic E-state index is 12.4. The zero-order valence-electron chi connectivity index (χ0n) is 14.5. The van der Waals surface area contributed by atoms with E-state index >= 15 is 0 Å². The summed E-state index contributed by atoms with van der Waals surface area (Å²) in [7, 11) is 0. The molecule has 7 nitrogen and oxygen atoms in total. The van der Waals surface area contributed by atoms with Gasteiger partial charge in [-0.25, -0.2) is 0 Å². The van der Waals surface area contributed by atoms with E-state index in [-0.39, 0.29) is 17.9 Å². The minimum Gasteiger partial charge on any atom is -0.441 e. The summed E-state index contributed by atoms with van der Waals surface area (Å²) >= 11 is 0. The molecule has 0 spiro atoms. The van der Waals surface area contributed by atoms with Crippen LogP contribution >= 0.6 is 0 Å². The number of aromatic nitrogens is 1. The third-order valence-electron chi connectivity index (χ3n) is 4.93. The number of benzene rings is 1. The van der Waals surface area contributed by atoms with E-state index in [1.807, 2.05) is 0 Å². The highest BCUT2D eigenvalue weighted by molar-refractivity contribution is 5.94. The maximum Gasteiger partial charge on any atom is 0.251 e. The van der Waals surface area contributed by atoms with E-state index in [1.54, 1.807) is 36.4 Å². The lowest BCUT2D eigenvalue weighted by molar-refractivity contribution is -0.114. The van der Waals surface area contributed by atoms with Gasteiger partial charge in [0.05, 0.1) is 0 Å². The second-order valence-corrected chi connectivity index (χ2v) is 6.91. The Balaban J connectivity index is 1.35. The topological polar surface area (TPSA) is 95.2 Å². The number of hydrogen-bond acceptors (Lipinski definition) is 4. The number of carbonyl (C=O) groups excluding carboxylic acids is 2. The highest BCUT2D eigenvalue weighted by atomic mass is 16.5. The van der Waals surface area contributed by atoms with Crippen LogP contribution in [0.3, 0.4) is 0 Å². The normalized spacial score (nSPS) is 23.7. The van der Waals surface area contributed by atoms with Crippen LogP contribution in [0.1, 0.15) is 36.5 Å². The molecule has 1 aromatic carbocycles. The van der Waals surface area contributed by atoms with Gasteiger partial charge in [0.15, 0.2) is 5.88 Å². The van der Waals surface area contributed by atoms with Crippen molar-refractivity contribution >= 4 is 17.6 Å². The van der Waals surface area contributed by atoms with Crippen LogP contribution in [0, 0.1) is 0 Å². The molecule has 136 valence electrons. The van der Waals surface area contributed by atoms with Crippen molar-refractivity contribution in [2.75, 3.05) is 5.32 Å². The number of aromatic amines is 1. The molecule has 26 heavy (non-hydrogen) atoms. The first-order valence-corrected chi connectivity index (χ1v) is 8.88. The minimum absolute atomic E-state index is 0.0521. The van der Waals surface area contributed by atoms with Crippen molar-refractivity contribution in [1.29, 1.82) is 0 Å². The molecule has 2 amide bonds. The fourth-order valence-corrected chi connectivity index (χ4v) is 3.73. The van der Waals surface area contributed by atoms with Crippen molar-refractivity contribution in [3.8, 4) is 11.6 Å². The van der Waals surface area contributed by atoms with E-state index in [4.69, 9.17) is 4.74 Å². The molecule has 2 bridgehead atoms. The summed E-state index contributed by atoms with van der Waals surface area (Å²) in [6.45, 7) is 1.44. The Bertz CT molecular complexity index is 814. The Hall–Kier alpha value is -2.80. The van der Waals surface area contributed by atoms with E-state index in [0.29, 0.717) is 35.1 Å². The van der Waals surface area contributed by atoms with Gasteiger partial charge in [0.1, 0.15) is 11.6 Å². The van der Waals surface area contributed by atoms with Gasteiger partial charge >= 0.3 is 0 Å². The largest absolute Gasteiger partial charge is 0.441 e. The first-order chi connectivity index (χ1) is 12.6. The number of amides is 2. The van der Waals surface area contributed by atoms with Crippen molar-refractivity contribution in [1.82, 2.24) is 15.6 Å². The van der Waals surface area contributed by atoms with Crippen LogP contribution in [0.2, 0.25) is 0 Å². The Morgan fingerprint density at radius 3 is 2.58 bits per heavy atom. The summed E-state index contributed by atoms with van der Waals surface area (Å²) in [6.07, 6.45) is 3.37. The smallest absolute Gasteiger partial charge is 0.251 e. The third-order valence-corrected chi connectivity index (χ3v) is 4.93. The number of nitrogens with one attached hydrogen (secondary N) is 4. The summed E-state index contributed by atoms with van der Waals surface area (Å²) in [5.74, 6) is 1.49. The summed E-state index contributed by atoms with van der Waals surface area (Å²) in [6, 6.07) is 11.7. The van der Waals surface area contributed by atoms with Gasteiger partial charge in [0.25, 0.3) is 5.91 Å². The van der Waals surface area contributed by atoms with Crippen molar-refractivity contribution in [2.45, 2.75) is 44.3 Å². The molecule has 2 aromatic rings. The first-order valence-electron chi connectivity index (χ1n) is 8.88. The van der Waals surface area contributed by atoms with Crippen LogP contribution < -0.4 is 20.7 Å². The summed E-state index contributed by atoms with van der Waals surface area (Å²) in [5, 5.41) is 9.30. The van der Waals surface area contributed by atoms with Gasteiger partial charge in [-0.2, -0.15) is 0 Å². The van der Waals surface area contributed by atoms with E-state index in [2.05, 4.69) is 20.9 Å². The van der Waals surface area contributed by atoms with Crippen LogP contribution in [-0.4, -0.2) is 34.9 Å². The van der Waals surface area contributed by atoms with E-state index in [0.717, 1.165) is 12.8 Å². The van der Waals surface area contributed by atoms with Crippen molar-refractivity contribution in [2.24, 2.45) is 0 Å². The van der Waals surface area contributed by atoms with Crippen LogP contribution in [0.4, 0.5) is 5.82 Å². The number of H-pyrrole nitrogens is 1. The third kappa shape index (κ3) is 3.57. The predicted octanol–water partition coefficient (Wildman–Crippen LogP) is 2.39. The molecule has 0 saturated carbocycles. The minimum atomic E-state index is -0.153. The van der Waals surface area contributed by atoms with Gasteiger partial charge < -0.3 is 25.7 Å². The quantitative estimate of drug-likeness (QED) is 0.663. The number of fused-ring (bicyclic) bond motifs is 2. The van der Waals surface area contributed by atoms with Crippen LogP contribution in [-0.2, 0) is 4.79 Å². The molecule has 3 atom stereocenters. The number of anilines is 1. The summed E-state index contributed by atoms with van der Waals surface area (Å²) in [4.78, 5) is 26.4. The van der Waals surface area contributed by atoms with Crippen LogP contribution in [0.15, 0.2) is 36.4 Å². The van der Waals surface area contributed by atoms with Gasteiger partial charge in [-0.05, 0) is 49.6 Å². The lowest BCUT2D eigenvalue weighted by Gasteiger charge is -2.21. The second kappa shape index (κ2) is 6.84. The molecule has 1 aromatic heterocycles. The maximum atomic E-state index is 12.4. The molecule has 2 aliphatic heterocycles. The second-order valence-electron chi connectivity index (χ2n) is 6.91. The van der Waals surface area contributed by atoms with E-state index < -0.39 is 0 Å². The average molecular weight is 354 g/mol. The number of carbonyl (C=O) groups is 2. The fourth-order valence-electron chi connectivity index (χ4n) is 3.73. The average Bonchev–Trinajstić information content (AvgIpc) is 3.32. The Labute approximate surface area is 151 Å². The van der Waals surface area contributed by atoms with Crippen molar-refractivity contribution in [3.63, 3.8) is 0 Å². The van der Waals surface area contributed by atoms with Gasteiger partial charge in [-0.15, -0.1) is 0 Å². The monoisotopic (exact) mass is 354 g/mol. The molecule has 2 saturated heterocycles. The molecular formula is C19H22N4O3.